The molecule has 0 aliphatic carbocycles. The maximum atomic E-state index is 11.5. The highest BCUT2D eigenvalue weighted by molar-refractivity contribution is 5.68. The second kappa shape index (κ2) is 5.17. The number of nitriles is 1. The van der Waals surface area contributed by atoms with Gasteiger partial charge in [0.15, 0.2) is 0 Å². The van der Waals surface area contributed by atoms with Crippen LogP contribution in [0.3, 0.4) is 0 Å². The van der Waals surface area contributed by atoms with Crippen molar-refractivity contribution in [3.63, 3.8) is 0 Å². The molecule has 1 heterocycles. The predicted octanol–water partition coefficient (Wildman–Crippen LogP) is 1.44. The number of hydrogen-bond acceptors (Lipinski definition) is 4. The lowest BCUT2D eigenvalue weighted by Crippen LogP contribution is -2.42. The maximum Gasteiger partial charge on any atom is 0.408 e. The molecule has 2 atom stereocenters. The highest BCUT2D eigenvalue weighted by atomic mass is 16.6. The molecule has 0 radical (unpaired) electrons. The number of alkyl carbamates (subject to hydrolysis) is 1. The van der Waals surface area contributed by atoms with Crippen LogP contribution in [0, 0.1) is 17.2 Å². The van der Waals surface area contributed by atoms with Gasteiger partial charge < -0.3 is 14.8 Å². The zero-order valence-corrected chi connectivity index (χ0v) is 9.95. The number of ether oxygens (including phenoxy) is 2. The van der Waals surface area contributed by atoms with Crippen molar-refractivity contribution < 1.29 is 14.3 Å². The van der Waals surface area contributed by atoms with Gasteiger partial charge >= 0.3 is 6.09 Å². The van der Waals surface area contributed by atoms with Crippen LogP contribution in [0.15, 0.2) is 0 Å². The van der Waals surface area contributed by atoms with E-state index < -0.39 is 17.7 Å². The molecule has 2 unspecified atom stereocenters. The summed E-state index contributed by atoms with van der Waals surface area (Å²) in [6.45, 7) is 6.53. The SMILES string of the molecule is CC(C)(C)OC(=O)NC(C#N)C1CCOC1. The van der Waals surface area contributed by atoms with E-state index in [1.807, 2.05) is 0 Å². The van der Waals surface area contributed by atoms with Gasteiger partial charge in [0.1, 0.15) is 11.6 Å². The molecule has 0 aromatic carbocycles. The van der Waals surface area contributed by atoms with Crippen molar-refractivity contribution >= 4 is 6.09 Å². The van der Waals surface area contributed by atoms with E-state index in [2.05, 4.69) is 11.4 Å². The van der Waals surface area contributed by atoms with Crippen LogP contribution in [0.2, 0.25) is 0 Å². The Morgan fingerprint density at radius 2 is 2.31 bits per heavy atom. The summed E-state index contributed by atoms with van der Waals surface area (Å²) in [6, 6.07) is 1.54. The molecule has 5 heteroatoms. The first-order valence-electron chi connectivity index (χ1n) is 5.39. The highest BCUT2D eigenvalue weighted by Crippen LogP contribution is 2.17. The van der Waals surface area contributed by atoms with Crippen molar-refractivity contribution in [3.05, 3.63) is 0 Å². The molecule has 1 fully saturated rings. The molecule has 90 valence electrons. The van der Waals surface area contributed by atoms with Crippen molar-refractivity contribution in [2.24, 2.45) is 5.92 Å². The fourth-order valence-electron chi connectivity index (χ4n) is 1.51. The highest BCUT2D eigenvalue weighted by Gasteiger charge is 2.28. The predicted molar refractivity (Wildman–Crippen MR) is 57.7 cm³/mol. The van der Waals surface area contributed by atoms with Gasteiger partial charge in [-0.05, 0) is 27.2 Å². The number of carbonyl (C=O) groups excluding carboxylic acids is 1. The van der Waals surface area contributed by atoms with Crippen LogP contribution in [0.25, 0.3) is 0 Å². The third-order valence-electron chi connectivity index (χ3n) is 2.25. The second-order valence-electron chi connectivity index (χ2n) is 4.88. The van der Waals surface area contributed by atoms with Crippen LogP contribution in [-0.2, 0) is 9.47 Å². The second-order valence-corrected chi connectivity index (χ2v) is 4.88. The van der Waals surface area contributed by atoms with Gasteiger partial charge in [-0.2, -0.15) is 5.26 Å². The Balaban J connectivity index is 2.44. The fraction of sp³-hybridized carbons (Fsp3) is 0.818. The van der Waals surface area contributed by atoms with Gasteiger partial charge in [0.2, 0.25) is 0 Å². The van der Waals surface area contributed by atoms with Gasteiger partial charge in [-0.1, -0.05) is 0 Å². The Kier molecular flexibility index (Phi) is 4.13. The van der Waals surface area contributed by atoms with E-state index in [0.717, 1.165) is 6.42 Å². The van der Waals surface area contributed by atoms with Crippen LogP contribution in [-0.4, -0.2) is 30.9 Å². The number of hydrogen-bond donors (Lipinski definition) is 1. The molecule has 1 aliphatic heterocycles. The summed E-state index contributed by atoms with van der Waals surface area (Å²) in [7, 11) is 0. The molecule has 1 rings (SSSR count). The largest absolute Gasteiger partial charge is 0.444 e. The van der Waals surface area contributed by atoms with Gasteiger partial charge in [-0.15, -0.1) is 0 Å². The van der Waals surface area contributed by atoms with E-state index >= 15 is 0 Å². The summed E-state index contributed by atoms with van der Waals surface area (Å²) in [4.78, 5) is 11.5. The summed E-state index contributed by atoms with van der Waals surface area (Å²) in [5.74, 6) is 0.0671. The third kappa shape index (κ3) is 4.07. The Hall–Kier alpha value is -1.28. The van der Waals surface area contributed by atoms with Crippen LogP contribution >= 0.6 is 0 Å². The number of nitrogens with one attached hydrogen (secondary N) is 1. The first kappa shape index (κ1) is 12.8. The zero-order chi connectivity index (χ0) is 12.2. The monoisotopic (exact) mass is 226 g/mol. The molecule has 1 N–H and O–H groups in total. The zero-order valence-electron chi connectivity index (χ0n) is 9.95. The fourth-order valence-corrected chi connectivity index (χ4v) is 1.51. The van der Waals surface area contributed by atoms with Crippen molar-refractivity contribution in [1.82, 2.24) is 5.32 Å². The molecule has 0 spiro atoms. The average Bonchev–Trinajstić information content (AvgIpc) is 2.63. The van der Waals surface area contributed by atoms with Crippen LogP contribution < -0.4 is 5.32 Å². The molecular formula is C11H18N2O3. The summed E-state index contributed by atoms with van der Waals surface area (Å²) in [6.07, 6.45) is 0.250. The average molecular weight is 226 g/mol. The molecular weight excluding hydrogens is 208 g/mol. The van der Waals surface area contributed by atoms with Crippen molar-refractivity contribution in [3.8, 4) is 6.07 Å². The topological polar surface area (TPSA) is 71.3 Å². The molecule has 1 aliphatic rings. The van der Waals surface area contributed by atoms with Gasteiger partial charge in [0, 0.05) is 12.5 Å². The first-order chi connectivity index (χ1) is 7.42. The van der Waals surface area contributed by atoms with E-state index in [1.54, 1.807) is 20.8 Å². The molecule has 0 saturated carbocycles. The normalized spacial score (nSPS) is 22.2. The lowest BCUT2D eigenvalue weighted by atomic mass is 10.0. The van der Waals surface area contributed by atoms with Gasteiger partial charge in [0.25, 0.3) is 0 Å². The molecule has 5 nitrogen and oxygen atoms in total. The van der Waals surface area contributed by atoms with E-state index in [4.69, 9.17) is 14.7 Å². The Labute approximate surface area is 95.7 Å². The Morgan fingerprint density at radius 1 is 1.62 bits per heavy atom. The smallest absolute Gasteiger partial charge is 0.408 e. The maximum absolute atomic E-state index is 11.5. The summed E-state index contributed by atoms with van der Waals surface area (Å²) >= 11 is 0. The standard InChI is InChI=1S/C11H18N2O3/c1-11(2,3)16-10(14)13-9(6-12)8-4-5-15-7-8/h8-9H,4-5,7H2,1-3H3,(H,13,14). The lowest BCUT2D eigenvalue weighted by molar-refractivity contribution is 0.0500. The number of carbonyl (C=O) groups is 1. The van der Waals surface area contributed by atoms with Crippen LogP contribution in [0.1, 0.15) is 27.2 Å². The summed E-state index contributed by atoms with van der Waals surface area (Å²) < 4.78 is 10.3. The molecule has 0 bridgehead atoms. The van der Waals surface area contributed by atoms with Crippen LogP contribution in [0.5, 0.6) is 0 Å². The minimum Gasteiger partial charge on any atom is -0.444 e. The summed E-state index contributed by atoms with van der Waals surface area (Å²) in [5, 5.41) is 11.5. The van der Waals surface area contributed by atoms with Crippen molar-refractivity contribution in [1.29, 1.82) is 5.26 Å². The minimum absolute atomic E-state index is 0.0671. The number of nitrogens with zero attached hydrogens (tertiary/aromatic N) is 1. The van der Waals surface area contributed by atoms with Gasteiger partial charge in [0.05, 0.1) is 12.7 Å². The lowest BCUT2D eigenvalue weighted by Gasteiger charge is -2.22. The summed E-state index contributed by atoms with van der Waals surface area (Å²) in [5.41, 5.74) is -0.545. The van der Waals surface area contributed by atoms with Crippen molar-refractivity contribution in [2.45, 2.75) is 38.8 Å². The number of rotatable bonds is 2. The molecule has 0 aromatic rings. The molecule has 1 amide bonds. The van der Waals surface area contributed by atoms with Gasteiger partial charge in [-0.25, -0.2) is 4.79 Å². The number of amides is 1. The first-order valence-corrected chi connectivity index (χ1v) is 5.39. The Morgan fingerprint density at radius 3 is 2.75 bits per heavy atom. The molecule has 1 saturated heterocycles. The molecule has 0 aromatic heterocycles. The van der Waals surface area contributed by atoms with Crippen molar-refractivity contribution in [2.75, 3.05) is 13.2 Å². The van der Waals surface area contributed by atoms with E-state index in [1.165, 1.54) is 0 Å². The third-order valence-corrected chi connectivity index (χ3v) is 2.25. The van der Waals surface area contributed by atoms with E-state index in [-0.39, 0.29) is 5.92 Å². The van der Waals surface area contributed by atoms with Crippen LogP contribution in [0.4, 0.5) is 4.79 Å². The Bertz CT molecular complexity index is 285. The minimum atomic E-state index is -0.550. The quantitative estimate of drug-likeness (QED) is 0.773. The molecule has 16 heavy (non-hydrogen) atoms. The van der Waals surface area contributed by atoms with Gasteiger partial charge in [-0.3, -0.25) is 0 Å². The van der Waals surface area contributed by atoms with E-state index in [0.29, 0.717) is 13.2 Å². The van der Waals surface area contributed by atoms with E-state index in [9.17, 15) is 4.79 Å².